The minimum atomic E-state index is -0.395. The molecule has 1 aliphatic carbocycles. The van der Waals surface area contributed by atoms with Crippen LogP contribution in [0.15, 0.2) is 59.4 Å². The predicted molar refractivity (Wildman–Crippen MR) is 123 cm³/mol. The molecule has 2 aliphatic rings. The number of rotatable bonds is 6. The van der Waals surface area contributed by atoms with Crippen LogP contribution in [-0.4, -0.2) is 24.0 Å². The normalized spacial score (nSPS) is 20.3. The lowest BCUT2D eigenvalue weighted by atomic mass is 9.80. The highest BCUT2D eigenvalue weighted by atomic mass is 35.5. The van der Waals surface area contributed by atoms with Gasteiger partial charge in [0.05, 0.1) is 24.0 Å². The van der Waals surface area contributed by atoms with E-state index >= 15 is 0 Å². The summed E-state index contributed by atoms with van der Waals surface area (Å²) in [5, 5.41) is 5.02. The summed E-state index contributed by atoms with van der Waals surface area (Å²) in [6.07, 6.45) is 6.62. The van der Waals surface area contributed by atoms with E-state index in [1.165, 1.54) is 12.5 Å². The van der Waals surface area contributed by atoms with Crippen molar-refractivity contribution in [1.29, 1.82) is 0 Å². The zero-order valence-corrected chi connectivity index (χ0v) is 18.7. The summed E-state index contributed by atoms with van der Waals surface area (Å²) in [7, 11) is 0. The quantitative estimate of drug-likeness (QED) is 0.455. The molecule has 0 saturated heterocycles. The number of allylic oxidation sites excluding steroid dienone is 1. The van der Waals surface area contributed by atoms with Crippen LogP contribution in [0, 0.1) is 5.92 Å². The first-order valence-corrected chi connectivity index (χ1v) is 11.2. The summed E-state index contributed by atoms with van der Waals surface area (Å²) in [4.78, 5) is 24.9. The second-order valence-electron chi connectivity index (χ2n) is 7.75. The number of carbonyl (C=O) groups is 2. The minimum Gasteiger partial charge on any atom is -0.496 e. The van der Waals surface area contributed by atoms with E-state index in [0.29, 0.717) is 26.9 Å². The number of benzene rings is 2. The van der Waals surface area contributed by atoms with Crippen LogP contribution in [0.2, 0.25) is 10.0 Å². The molecule has 166 valence electrons. The van der Waals surface area contributed by atoms with Crippen LogP contribution in [0.5, 0.6) is 5.75 Å². The Kier molecular flexibility index (Phi) is 7.12. The summed E-state index contributed by atoms with van der Waals surface area (Å²) in [5.41, 5.74) is 4.03. The van der Waals surface area contributed by atoms with Gasteiger partial charge >= 0.3 is 0 Å². The van der Waals surface area contributed by atoms with Crippen LogP contribution in [0.4, 0.5) is 0 Å². The molecule has 8 heteroatoms. The van der Waals surface area contributed by atoms with E-state index in [0.717, 1.165) is 31.2 Å². The number of hydrazone groups is 1. The fourth-order valence-electron chi connectivity index (χ4n) is 3.81. The van der Waals surface area contributed by atoms with Gasteiger partial charge in [0.15, 0.2) is 5.78 Å². The Morgan fingerprint density at radius 3 is 2.72 bits per heavy atom. The zero-order valence-electron chi connectivity index (χ0n) is 17.2. The fraction of sp³-hybridized carbons (Fsp3) is 0.292. The van der Waals surface area contributed by atoms with Crippen molar-refractivity contribution < 1.29 is 19.1 Å². The highest BCUT2D eigenvalue weighted by molar-refractivity contribution is 6.35. The molecule has 1 amide bonds. The second kappa shape index (κ2) is 10.2. The number of ketones is 1. The number of nitrogens with one attached hydrogen (secondary N) is 1. The van der Waals surface area contributed by atoms with Gasteiger partial charge in [-0.1, -0.05) is 35.7 Å². The maximum absolute atomic E-state index is 12.6. The molecule has 32 heavy (non-hydrogen) atoms. The first kappa shape index (κ1) is 22.4. The molecule has 1 fully saturated rings. The lowest BCUT2D eigenvalue weighted by Gasteiger charge is -2.33. The number of ether oxygens (including phenoxy) is 2. The molecule has 0 aromatic heterocycles. The molecule has 6 nitrogen and oxygen atoms in total. The second-order valence-corrected chi connectivity index (χ2v) is 8.59. The van der Waals surface area contributed by atoms with E-state index in [4.69, 9.17) is 32.7 Å². The summed E-state index contributed by atoms with van der Waals surface area (Å²) in [6, 6.07) is 11.8. The summed E-state index contributed by atoms with van der Waals surface area (Å²) >= 11 is 12.0. The number of nitrogens with zero attached hydrogens (tertiary/aromatic N) is 1. The molecule has 2 unspecified atom stereocenters. The Bertz CT molecular complexity index is 1070. The average Bonchev–Trinajstić information content (AvgIpc) is 2.80. The van der Waals surface area contributed by atoms with Crippen LogP contribution in [0.1, 0.15) is 41.6 Å². The molecule has 0 radical (unpaired) electrons. The lowest BCUT2D eigenvalue weighted by molar-refractivity contribution is -0.126. The maximum atomic E-state index is 12.6. The van der Waals surface area contributed by atoms with Crippen molar-refractivity contribution in [2.45, 2.75) is 38.4 Å². The molecule has 1 saturated carbocycles. The van der Waals surface area contributed by atoms with Gasteiger partial charge in [0, 0.05) is 21.2 Å². The monoisotopic (exact) mass is 472 g/mol. The standard InChI is InChI=1S/C24H22Cl2N2O4/c25-18-8-5-16(21(26)11-18)13-31-19-9-6-15(7-10-19)24(30)28-27-12-17-14-32-22-4-2-1-3-20(22)23(17)29/h5-12,14,20,22H,1-4,13H2,(H,28,30)/b27-12+. The SMILES string of the molecule is O=C(N/N=C/C1=COC2CCCCC2C1=O)c1ccc(OCc2ccc(Cl)cc2Cl)cc1. The van der Waals surface area contributed by atoms with Crippen LogP contribution < -0.4 is 10.2 Å². The molecule has 2 atom stereocenters. The van der Waals surface area contributed by atoms with Gasteiger partial charge in [0.1, 0.15) is 18.5 Å². The minimum absolute atomic E-state index is 0.0283. The number of halogens is 2. The third-order valence-electron chi connectivity index (χ3n) is 5.59. The Labute approximate surface area is 196 Å². The fourth-order valence-corrected chi connectivity index (χ4v) is 4.28. The van der Waals surface area contributed by atoms with Crippen molar-refractivity contribution in [3.8, 4) is 5.75 Å². The molecule has 0 spiro atoms. The molecule has 4 rings (SSSR count). The Balaban J connectivity index is 1.30. The van der Waals surface area contributed by atoms with Gasteiger partial charge in [0.2, 0.25) is 0 Å². The molecule has 1 heterocycles. The van der Waals surface area contributed by atoms with Crippen molar-refractivity contribution in [3.05, 3.63) is 75.5 Å². The van der Waals surface area contributed by atoms with Gasteiger partial charge in [-0.25, -0.2) is 5.43 Å². The summed E-state index contributed by atoms with van der Waals surface area (Å²) < 4.78 is 11.4. The van der Waals surface area contributed by atoms with Crippen LogP contribution in [-0.2, 0) is 16.1 Å². The first-order valence-electron chi connectivity index (χ1n) is 10.4. The van der Waals surface area contributed by atoms with E-state index in [2.05, 4.69) is 10.5 Å². The van der Waals surface area contributed by atoms with E-state index in [-0.39, 0.29) is 24.4 Å². The van der Waals surface area contributed by atoms with Gasteiger partial charge in [-0.3, -0.25) is 9.59 Å². The van der Waals surface area contributed by atoms with Crippen LogP contribution >= 0.6 is 23.2 Å². The number of amides is 1. The maximum Gasteiger partial charge on any atom is 0.271 e. The van der Waals surface area contributed by atoms with Crippen molar-refractivity contribution in [1.82, 2.24) is 5.43 Å². The molecule has 2 aromatic rings. The first-order chi connectivity index (χ1) is 15.5. The summed E-state index contributed by atoms with van der Waals surface area (Å²) in [6.45, 7) is 0.277. The van der Waals surface area contributed by atoms with Crippen LogP contribution in [0.3, 0.4) is 0 Å². The van der Waals surface area contributed by atoms with E-state index in [1.54, 1.807) is 42.5 Å². The average molecular weight is 473 g/mol. The van der Waals surface area contributed by atoms with Crippen molar-refractivity contribution >= 4 is 41.1 Å². The molecule has 1 aliphatic heterocycles. The molecular weight excluding hydrogens is 451 g/mol. The van der Waals surface area contributed by atoms with Gasteiger partial charge in [-0.05, 0) is 55.7 Å². The van der Waals surface area contributed by atoms with E-state index in [1.807, 2.05) is 0 Å². The molecular formula is C24H22Cl2N2O4. The van der Waals surface area contributed by atoms with Gasteiger partial charge in [0.25, 0.3) is 5.91 Å². The van der Waals surface area contributed by atoms with E-state index in [9.17, 15) is 9.59 Å². The number of Topliss-reactive ketones (excluding diaryl/α,β-unsaturated/α-hetero) is 1. The van der Waals surface area contributed by atoms with Crippen molar-refractivity contribution in [3.63, 3.8) is 0 Å². The molecule has 1 N–H and O–H groups in total. The Morgan fingerprint density at radius 2 is 1.94 bits per heavy atom. The van der Waals surface area contributed by atoms with E-state index < -0.39 is 5.91 Å². The smallest absolute Gasteiger partial charge is 0.271 e. The van der Waals surface area contributed by atoms with Gasteiger partial charge in [-0.2, -0.15) is 5.10 Å². The largest absolute Gasteiger partial charge is 0.496 e. The number of hydrogen-bond acceptors (Lipinski definition) is 5. The Hall–Kier alpha value is -2.83. The number of fused-ring (bicyclic) bond motifs is 1. The third-order valence-corrected chi connectivity index (χ3v) is 6.18. The zero-order chi connectivity index (χ0) is 22.5. The lowest BCUT2D eigenvalue weighted by Crippen LogP contribution is -2.37. The topological polar surface area (TPSA) is 77.0 Å². The highest BCUT2D eigenvalue weighted by Crippen LogP contribution is 2.32. The van der Waals surface area contributed by atoms with Crippen molar-refractivity contribution in [2.24, 2.45) is 11.0 Å². The predicted octanol–water partition coefficient (Wildman–Crippen LogP) is 5.33. The Morgan fingerprint density at radius 1 is 1.16 bits per heavy atom. The van der Waals surface area contributed by atoms with Crippen LogP contribution in [0.25, 0.3) is 0 Å². The molecule has 0 bridgehead atoms. The third kappa shape index (κ3) is 5.31. The van der Waals surface area contributed by atoms with Crippen molar-refractivity contribution in [2.75, 3.05) is 0 Å². The summed E-state index contributed by atoms with van der Waals surface area (Å²) in [5.74, 6) is 0.115. The number of hydrogen-bond donors (Lipinski definition) is 1. The molecule has 2 aromatic carbocycles. The van der Waals surface area contributed by atoms with Gasteiger partial charge < -0.3 is 9.47 Å². The number of carbonyl (C=O) groups excluding carboxylic acids is 2. The van der Waals surface area contributed by atoms with Gasteiger partial charge in [-0.15, -0.1) is 0 Å². The highest BCUT2D eigenvalue weighted by Gasteiger charge is 2.36.